The number of esters is 1. The average molecular weight is 315 g/mol. The van der Waals surface area contributed by atoms with E-state index < -0.39 is 6.04 Å². The van der Waals surface area contributed by atoms with E-state index in [1.54, 1.807) is 6.92 Å². The van der Waals surface area contributed by atoms with Crippen LogP contribution in [0.1, 0.15) is 45.6 Å². The van der Waals surface area contributed by atoms with Gasteiger partial charge in [-0.15, -0.1) is 0 Å². The second-order valence-electron chi connectivity index (χ2n) is 6.89. The van der Waals surface area contributed by atoms with Gasteiger partial charge >= 0.3 is 5.97 Å². The van der Waals surface area contributed by atoms with Gasteiger partial charge in [-0.25, -0.2) is 4.79 Å². The Morgan fingerprint density at radius 1 is 1.26 bits per heavy atom. The summed E-state index contributed by atoms with van der Waals surface area (Å²) in [5, 5.41) is 0. The third kappa shape index (κ3) is 5.31. The molecule has 1 aromatic carbocycles. The molecule has 4 nitrogen and oxygen atoms in total. The molecule has 0 amide bonds. The predicted octanol–water partition coefficient (Wildman–Crippen LogP) is 3.38. The summed E-state index contributed by atoms with van der Waals surface area (Å²) in [6.07, 6.45) is 2.18. The smallest absolute Gasteiger partial charge is 0.331 e. The zero-order valence-corrected chi connectivity index (χ0v) is 14.2. The number of hydrogen-bond acceptors (Lipinski definition) is 4. The number of ether oxygens (including phenoxy) is 1. The fourth-order valence-corrected chi connectivity index (χ4v) is 3.07. The summed E-state index contributed by atoms with van der Waals surface area (Å²) in [7, 11) is 0. The van der Waals surface area contributed by atoms with Crippen molar-refractivity contribution in [3.8, 4) is 0 Å². The molecule has 0 spiro atoms. The summed E-state index contributed by atoms with van der Waals surface area (Å²) in [6.45, 7) is 6.25. The van der Waals surface area contributed by atoms with Gasteiger partial charge < -0.3 is 4.74 Å². The van der Waals surface area contributed by atoms with E-state index in [1.807, 2.05) is 30.3 Å². The number of Topliss-reactive ketones (excluding diaryl/α,β-unsaturated/α-hetero) is 1. The summed E-state index contributed by atoms with van der Waals surface area (Å²) in [6, 6.07) is 9.20. The number of carbonyl (C=O) groups is 2. The lowest BCUT2D eigenvalue weighted by Crippen LogP contribution is -2.32. The third-order valence-corrected chi connectivity index (χ3v) is 3.93. The van der Waals surface area contributed by atoms with E-state index in [4.69, 9.17) is 4.74 Å². The highest BCUT2D eigenvalue weighted by Gasteiger charge is 2.31. The van der Waals surface area contributed by atoms with Crippen molar-refractivity contribution in [2.75, 3.05) is 6.61 Å². The van der Waals surface area contributed by atoms with Crippen molar-refractivity contribution >= 4 is 17.5 Å². The van der Waals surface area contributed by atoms with Gasteiger partial charge in [0.2, 0.25) is 0 Å². The highest BCUT2D eigenvalue weighted by atomic mass is 16.5. The second-order valence-corrected chi connectivity index (χ2v) is 6.89. The average Bonchev–Trinajstić information content (AvgIpc) is 2.45. The van der Waals surface area contributed by atoms with E-state index in [1.165, 1.54) is 0 Å². The largest absolute Gasteiger partial charge is 0.464 e. The molecule has 0 N–H and O–H groups in total. The highest BCUT2D eigenvalue weighted by Crippen LogP contribution is 2.32. The van der Waals surface area contributed by atoms with Crippen LogP contribution in [0.5, 0.6) is 0 Å². The zero-order chi connectivity index (χ0) is 16.9. The van der Waals surface area contributed by atoms with Crippen molar-refractivity contribution < 1.29 is 14.3 Å². The van der Waals surface area contributed by atoms with Crippen molar-refractivity contribution in [1.29, 1.82) is 0 Å². The molecule has 4 heteroatoms. The lowest BCUT2D eigenvalue weighted by atomic mass is 9.76. The molecule has 124 valence electrons. The molecule has 0 heterocycles. The van der Waals surface area contributed by atoms with Crippen LogP contribution in [0.4, 0.5) is 0 Å². The number of hydrogen-bond donors (Lipinski definition) is 0. The maximum atomic E-state index is 12.2. The maximum absolute atomic E-state index is 12.2. The molecule has 23 heavy (non-hydrogen) atoms. The Balaban J connectivity index is 2.21. The Kier molecular flexibility index (Phi) is 5.69. The monoisotopic (exact) mass is 315 g/mol. The zero-order valence-electron chi connectivity index (χ0n) is 14.2. The highest BCUT2D eigenvalue weighted by molar-refractivity contribution is 6.05. The molecule has 1 saturated carbocycles. The Bertz CT molecular complexity index is 590. The molecule has 1 aromatic rings. The topological polar surface area (TPSA) is 55.7 Å². The molecular formula is C19H25NO3. The SMILES string of the molecule is CCOC(=O)[C@H](Cc1ccccc1)N=C1CC(=O)CC(C)(C)C1. The van der Waals surface area contributed by atoms with Crippen molar-refractivity contribution in [1.82, 2.24) is 0 Å². The molecule has 0 radical (unpaired) electrons. The van der Waals surface area contributed by atoms with Gasteiger partial charge in [-0.05, 0) is 24.3 Å². The first-order valence-electron chi connectivity index (χ1n) is 8.17. The van der Waals surface area contributed by atoms with Crippen LogP contribution >= 0.6 is 0 Å². The summed E-state index contributed by atoms with van der Waals surface area (Å²) in [4.78, 5) is 28.8. The molecule has 1 atom stereocenters. The van der Waals surface area contributed by atoms with Gasteiger partial charge in [0.15, 0.2) is 6.04 Å². The van der Waals surface area contributed by atoms with Crippen LogP contribution in [0.3, 0.4) is 0 Å². The summed E-state index contributed by atoms with van der Waals surface area (Å²) >= 11 is 0. The van der Waals surface area contributed by atoms with E-state index >= 15 is 0 Å². The van der Waals surface area contributed by atoms with Gasteiger partial charge in [0.1, 0.15) is 5.78 Å². The molecular weight excluding hydrogens is 290 g/mol. The normalized spacial score (nSPS) is 20.3. The number of nitrogens with zero attached hydrogens (tertiary/aromatic N) is 1. The van der Waals surface area contributed by atoms with Crippen molar-refractivity contribution in [2.24, 2.45) is 10.4 Å². The van der Waals surface area contributed by atoms with Crippen LogP contribution in [0.25, 0.3) is 0 Å². The number of aliphatic imine (C=N–C) groups is 1. The Morgan fingerprint density at radius 2 is 1.96 bits per heavy atom. The first-order chi connectivity index (χ1) is 10.9. The Morgan fingerprint density at radius 3 is 2.57 bits per heavy atom. The van der Waals surface area contributed by atoms with Crippen LogP contribution in [0.2, 0.25) is 0 Å². The summed E-state index contributed by atoms with van der Waals surface area (Å²) < 4.78 is 5.17. The molecule has 1 aliphatic carbocycles. The fraction of sp³-hybridized carbons (Fsp3) is 0.526. The molecule has 0 aromatic heterocycles. The molecule has 0 bridgehead atoms. The van der Waals surface area contributed by atoms with Crippen LogP contribution < -0.4 is 0 Å². The van der Waals surface area contributed by atoms with Crippen LogP contribution in [0, 0.1) is 5.41 Å². The van der Waals surface area contributed by atoms with Gasteiger partial charge in [0.25, 0.3) is 0 Å². The van der Waals surface area contributed by atoms with Gasteiger partial charge in [0, 0.05) is 25.0 Å². The minimum atomic E-state index is -0.575. The number of carbonyl (C=O) groups excluding carboxylic acids is 2. The van der Waals surface area contributed by atoms with Crippen molar-refractivity contribution in [3.05, 3.63) is 35.9 Å². The Hall–Kier alpha value is -1.97. The third-order valence-electron chi connectivity index (χ3n) is 3.93. The first-order valence-corrected chi connectivity index (χ1v) is 8.17. The first kappa shape index (κ1) is 17.4. The van der Waals surface area contributed by atoms with Gasteiger partial charge in [0.05, 0.1) is 6.61 Å². The van der Waals surface area contributed by atoms with Crippen LogP contribution in [0.15, 0.2) is 35.3 Å². The van der Waals surface area contributed by atoms with Crippen molar-refractivity contribution in [3.63, 3.8) is 0 Å². The number of rotatable bonds is 5. The minimum absolute atomic E-state index is 0.0832. The Labute approximate surface area is 138 Å². The van der Waals surface area contributed by atoms with Gasteiger partial charge in [-0.2, -0.15) is 0 Å². The van der Waals surface area contributed by atoms with E-state index in [-0.39, 0.29) is 17.2 Å². The van der Waals surface area contributed by atoms with Crippen molar-refractivity contribution in [2.45, 2.75) is 52.5 Å². The van der Waals surface area contributed by atoms with Crippen LogP contribution in [-0.4, -0.2) is 30.1 Å². The molecule has 1 aliphatic rings. The molecule has 0 saturated heterocycles. The summed E-state index contributed by atoms with van der Waals surface area (Å²) in [5.41, 5.74) is 1.77. The van der Waals surface area contributed by atoms with E-state index in [9.17, 15) is 9.59 Å². The van der Waals surface area contributed by atoms with E-state index in [2.05, 4.69) is 18.8 Å². The van der Waals surface area contributed by atoms with E-state index in [0.29, 0.717) is 25.9 Å². The second kappa shape index (κ2) is 7.53. The number of benzene rings is 1. The standard InChI is InChI=1S/C19H25NO3/c1-4-23-18(22)17(10-14-8-6-5-7-9-14)20-15-11-16(21)13-19(2,3)12-15/h5-9,17H,4,10-13H2,1-3H3/t17-/m0/s1. The molecule has 0 aliphatic heterocycles. The molecule has 1 fully saturated rings. The molecule has 2 rings (SSSR count). The predicted molar refractivity (Wildman–Crippen MR) is 90.6 cm³/mol. The maximum Gasteiger partial charge on any atom is 0.331 e. The lowest BCUT2D eigenvalue weighted by molar-refractivity contribution is -0.144. The van der Waals surface area contributed by atoms with Gasteiger partial charge in [-0.1, -0.05) is 44.2 Å². The van der Waals surface area contributed by atoms with Gasteiger partial charge in [-0.3, -0.25) is 9.79 Å². The minimum Gasteiger partial charge on any atom is -0.464 e. The fourth-order valence-electron chi connectivity index (χ4n) is 3.07. The molecule has 0 unspecified atom stereocenters. The van der Waals surface area contributed by atoms with E-state index in [0.717, 1.165) is 17.7 Å². The van der Waals surface area contributed by atoms with Crippen LogP contribution in [-0.2, 0) is 20.7 Å². The lowest BCUT2D eigenvalue weighted by Gasteiger charge is -2.30. The summed E-state index contributed by atoms with van der Waals surface area (Å²) in [5.74, 6) is -0.123. The quantitative estimate of drug-likeness (QED) is 0.783. The number of ketones is 1.